The fourth-order valence-corrected chi connectivity index (χ4v) is 2.89. The summed E-state index contributed by atoms with van der Waals surface area (Å²) in [5, 5.41) is 0. The lowest BCUT2D eigenvalue weighted by Gasteiger charge is -2.04. The van der Waals surface area contributed by atoms with Crippen LogP contribution in [0.2, 0.25) is 0 Å². The summed E-state index contributed by atoms with van der Waals surface area (Å²) >= 11 is 5.23. The molecule has 1 heterocycles. The van der Waals surface area contributed by atoms with Gasteiger partial charge < -0.3 is 5.73 Å². The SMILES string of the molecule is CCC(N)c1ccc(-c2ccc(Br)cc2)s1. The lowest BCUT2D eigenvalue weighted by atomic mass is 10.2. The standard InChI is InChI=1S/C13H14BrNS/c1-2-11(15)13-8-7-12(16-13)9-3-5-10(14)6-4-9/h3-8,11H,2,15H2,1H3. The van der Waals surface area contributed by atoms with Crippen molar-refractivity contribution in [2.45, 2.75) is 19.4 Å². The van der Waals surface area contributed by atoms with E-state index in [1.807, 2.05) is 0 Å². The van der Waals surface area contributed by atoms with Crippen LogP contribution in [0.1, 0.15) is 24.3 Å². The topological polar surface area (TPSA) is 26.0 Å². The van der Waals surface area contributed by atoms with Crippen molar-refractivity contribution in [3.8, 4) is 10.4 Å². The summed E-state index contributed by atoms with van der Waals surface area (Å²) in [5.41, 5.74) is 7.27. The Morgan fingerprint density at radius 3 is 2.50 bits per heavy atom. The van der Waals surface area contributed by atoms with E-state index in [4.69, 9.17) is 5.73 Å². The van der Waals surface area contributed by atoms with Crippen LogP contribution in [-0.2, 0) is 0 Å². The van der Waals surface area contributed by atoms with Crippen molar-refractivity contribution in [3.63, 3.8) is 0 Å². The van der Waals surface area contributed by atoms with Gasteiger partial charge in [-0.05, 0) is 36.2 Å². The molecule has 1 aromatic heterocycles. The Kier molecular flexibility index (Phi) is 3.79. The molecule has 0 fully saturated rings. The quantitative estimate of drug-likeness (QED) is 0.881. The first-order chi connectivity index (χ1) is 7.70. The molecule has 0 amide bonds. The molecule has 84 valence electrons. The van der Waals surface area contributed by atoms with Gasteiger partial charge in [0.2, 0.25) is 0 Å². The lowest BCUT2D eigenvalue weighted by Crippen LogP contribution is -2.05. The molecule has 0 radical (unpaired) electrons. The van der Waals surface area contributed by atoms with Crippen LogP contribution in [0.15, 0.2) is 40.9 Å². The van der Waals surface area contributed by atoms with Crippen LogP contribution in [0.5, 0.6) is 0 Å². The van der Waals surface area contributed by atoms with Gasteiger partial charge in [-0.15, -0.1) is 11.3 Å². The largest absolute Gasteiger partial charge is 0.323 e. The number of nitrogens with two attached hydrogens (primary N) is 1. The van der Waals surface area contributed by atoms with E-state index in [0.717, 1.165) is 10.9 Å². The fourth-order valence-electron chi connectivity index (χ4n) is 1.52. The summed E-state index contributed by atoms with van der Waals surface area (Å²) in [4.78, 5) is 2.55. The molecule has 0 bridgehead atoms. The molecule has 0 aliphatic carbocycles. The Hall–Kier alpha value is -0.640. The first-order valence-corrected chi connectivity index (χ1v) is 6.93. The highest BCUT2D eigenvalue weighted by atomic mass is 79.9. The van der Waals surface area contributed by atoms with Gasteiger partial charge >= 0.3 is 0 Å². The van der Waals surface area contributed by atoms with Crippen LogP contribution in [0.4, 0.5) is 0 Å². The fraction of sp³-hybridized carbons (Fsp3) is 0.231. The van der Waals surface area contributed by atoms with E-state index in [9.17, 15) is 0 Å². The third-order valence-corrected chi connectivity index (χ3v) is 4.36. The Bertz CT molecular complexity index is 461. The Morgan fingerprint density at radius 1 is 1.19 bits per heavy atom. The van der Waals surface area contributed by atoms with Crippen molar-refractivity contribution in [2.24, 2.45) is 5.73 Å². The molecule has 2 N–H and O–H groups in total. The van der Waals surface area contributed by atoms with E-state index in [2.05, 4.69) is 59.3 Å². The molecular weight excluding hydrogens is 282 g/mol. The number of hydrogen-bond acceptors (Lipinski definition) is 2. The van der Waals surface area contributed by atoms with Gasteiger partial charge in [0.1, 0.15) is 0 Å². The van der Waals surface area contributed by atoms with Crippen molar-refractivity contribution in [3.05, 3.63) is 45.7 Å². The molecule has 2 rings (SSSR count). The zero-order valence-corrected chi connectivity index (χ0v) is 11.5. The van der Waals surface area contributed by atoms with E-state index < -0.39 is 0 Å². The van der Waals surface area contributed by atoms with Gasteiger partial charge in [0.15, 0.2) is 0 Å². The van der Waals surface area contributed by atoms with E-state index >= 15 is 0 Å². The second-order valence-corrected chi connectivity index (χ2v) is 5.75. The van der Waals surface area contributed by atoms with Gasteiger partial charge in [-0.2, -0.15) is 0 Å². The van der Waals surface area contributed by atoms with Crippen LogP contribution in [0.25, 0.3) is 10.4 Å². The van der Waals surface area contributed by atoms with Gasteiger partial charge in [-0.3, -0.25) is 0 Å². The van der Waals surface area contributed by atoms with Crippen LogP contribution < -0.4 is 5.73 Å². The predicted molar refractivity (Wildman–Crippen MR) is 74.7 cm³/mol. The maximum Gasteiger partial charge on any atom is 0.0387 e. The van der Waals surface area contributed by atoms with Crippen molar-refractivity contribution in [2.75, 3.05) is 0 Å². The van der Waals surface area contributed by atoms with Crippen molar-refractivity contribution >= 4 is 27.3 Å². The second kappa shape index (κ2) is 5.13. The summed E-state index contributed by atoms with van der Waals surface area (Å²) in [5.74, 6) is 0. The van der Waals surface area contributed by atoms with E-state index in [1.54, 1.807) is 11.3 Å². The number of benzene rings is 1. The van der Waals surface area contributed by atoms with Crippen molar-refractivity contribution in [1.82, 2.24) is 0 Å². The minimum absolute atomic E-state index is 0.175. The Labute approximate surface area is 108 Å². The highest BCUT2D eigenvalue weighted by Crippen LogP contribution is 2.32. The maximum atomic E-state index is 6.01. The van der Waals surface area contributed by atoms with Crippen LogP contribution in [0, 0.1) is 0 Å². The van der Waals surface area contributed by atoms with Gasteiger partial charge in [-0.25, -0.2) is 0 Å². The molecule has 0 aliphatic rings. The monoisotopic (exact) mass is 295 g/mol. The molecule has 1 unspecified atom stereocenters. The van der Waals surface area contributed by atoms with Crippen molar-refractivity contribution < 1.29 is 0 Å². The molecule has 0 saturated heterocycles. The molecule has 16 heavy (non-hydrogen) atoms. The molecule has 0 aliphatic heterocycles. The summed E-state index contributed by atoms with van der Waals surface area (Å²) in [6, 6.07) is 12.8. The number of hydrogen-bond donors (Lipinski definition) is 1. The molecular formula is C13H14BrNS. The number of halogens is 1. The third-order valence-electron chi connectivity index (χ3n) is 2.56. The molecule has 1 aromatic carbocycles. The van der Waals surface area contributed by atoms with E-state index in [0.29, 0.717) is 0 Å². The number of rotatable bonds is 3. The molecule has 2 aromatic rings. The highest BCUT2D eigenvalue weighted by molar-refractivity contribution is 9.10. The first-order valence-electron chi connectivity index (χ1n) is 5.32. The summed E-state index contributed by atoms with van der Waals surface area (Å²) in [7, 11) is 0. The molecule has 1 atom stereocenters. The molecule has 1 nitrogen and oxygen atoms in total. The molecule has 0 saturated carbocycles. The van der Waals surface area contributed by atoms with Gasteiger partial charge in [-0.1, -0.05) is 35.0 Å². The zero-order valence-electron chi connectivity index (χ0n) is 9.11. The van der Waals surface area contributed by atoms with Gasteiger partial charge in [0, 0.05) is 20.3 Å². The van der Waals surface area contributed by atoms with Crippen LogP contribution in [-0.4, -0.2) is 0 Å². The molecule has 0 spiro atoms. The number of thiophene rings is 1. The second-order valence-electron chi connectivity index (χ2n) is 3.72. The molecule has 3 heteroatoms. The van der Waals surface area contributed by atoms with Crippen LogP contribution in [0.3, 0.4) is 0 Å². The minimum atomic E-state index is 0.175. The Balaban J connectivity index is 2.28. The minimum Gasteiger partial charge on any atom is -0.323 e. The maximum absolute atomic E-state index is 6.01. The Morgan fingerprint density at radius 2 is 1.88 bits per heavy atom. The summed E-state index contributed by atoms with van der Waals surface area (Å²) in [6.45, 7) is 2.11. The predicted octanol–water partition coefficient (Wildman–Crippen LogP) is 4.59. The van der Waals surface area contributed by atoms with Gasteiger partial charge in [0.05, 0.1) is 0 Å². The van der Waals surface area contributed by atoms with E-state index in [-0.39, 0.29) is 6.04 Å². The van der Waals surface area contributed by atoms with Crippen LogP contribution >= 0.6 is 27.3 Å². The summed E-state index contributed by atoms with van der Waals surface area (Å²) in [6.07, 6.45) is 0.986. The normalized spacial score (nSPS) is 12.7. The summed E-state index contributed by atoms with van der Waals surface area (Å²) < 4.78 is 1.11. The highest BCUT2D eigenvalue weighted by Gasteiger charge is 2.07. The third kappa shape index (κ3) is 2.54. The lowest BCUT2D eigenvalue weighted by molar-refractivity contribution is 0.712. The van der Waals surface area contributed by atoms with Crippen molar-refractivity contribution in [1.29, 1.82) is 0 Å². The first kappa shape index (κ1) is 11.8. The zero-order chi connectivity index (χ0) is 11.5. The average molecular weight is 296 g/mol. The van der Waals surface area contributed by atoms with E-state index in [1.165, 1.54) is 15.3 Å². The average Bonchev–Trinajstić information content (AvgIpc) is 2.78. The smallest absolute Gasteiger partial charge is 0.0387 e. The van der Waals surface area contributed by atoms with Gasteiger partial charge in [0.25, 0.3) is 0 Å².